The van der Waals surface area contributed by atoms with Crippen LogP contribution >= 0.6 is 27.5 Å². The Labute approximate surface area is 122 Å². The maximum atomic E-state index is 6.35. The van der Waals surface area contributed by atoms with Gasteiger partial charge >= 0.3 is 0 Å². The molecule has 2 aromatic rings. The number of hydrogen-bond acceptors (Lipinski definition) is 0. The minimum Gasteiger partial charge on any atom is -0.0837 e. The Bertz CT molecular complexity index is 531. The molecule has 2 aromatic carbocycles. The van der Waals surface area contributed by atoms with E-state index in [9.17, 15) is 0 Å². The summed E-state index contributed by atoms with van der Waals surface area (Å²) < 4.78 is 0. The van der Waals surface area contributed by atoms with Crippen molar-refractivity contribution in [1.29, 1.82) is 0 Å². The fourth-order valence-electron chi connectivity index (χ4n) is 1.95. The normalized spacial score (nSPS) is 12.4. The van der Waals surface area contributed by atoms with E-state index in [-0.39, 0.29) is 4.83 Å². The molecule has 2 heteroatoms. The third-order valence-electron chi connectivity index (χ3n) is 3.09. The van der Waals surface area contributed by atoms with E-state index < -0.39 is 0 Å². The van der Waals surface area contributed by atoms with E-state index in [1.54, 1.807) is 0 Å². The smallest absolute Gasteiger partial charge is 0.0478 e. The molecule has 0 bridgehead atoms. The zero-order valence-corrected chi connectivity index (χ0v) is 12.9. The van der Waals surface area contributed by atoms with Gasteiger partial charge in [0.05, 0.1) is 0 Å². The maximum absolute atomic E-state index is 6.35. The Morgan fingerprint density at radius 1 is 1.06 bits per heavy atom. The van der Waals surface area contributed by atoms with Crippen molar-refractivity contribution in [2.24, 2.45) is 0 Å². The Balaban J connectivity index is 2.19. The Morgan fingerprint density at radius 2 is 1.72 bits per heavy atom. The van der Waals surface area contributed by atoms with Gasteiger partial charge in [-0.15, -0.1) is 0 Å². The van der Waals surface area contributed by atoms with Crippen LogP contribution in [0.25, 0.3) is 0 Å². The monoisotopic (exact) mass is 322 g/mol. The van der Waals surface area contributed by atoms with Gasteiger partial charge in [-0.25, -0.2) is 0 Å². The molecule has 94 valence electrons. The van der Waals surface area contributed by atoms with Crippen molar-refractivity contribution in [3.8, 4) is 0 Å². The minimum atomic E-state index is 0.257. The Kier molecular flexibility index (Phi) is 4.47. The molecule has 0 aliphatic heterocycles. The van der Waals surface area contributed by atoms with E-state index in [2.05, 4.69) is 59.3 Å². The summed E-state index contributed by atoms with van der Waals surface area (Å²) in [5.41, 5.74) is 4.90. The van der Waals surface area contributed by atoms with Crippen LogP contribution in [-0.2, 0) is 6.42 Å². The summed E-state index contributed by atoms with van der Waals surface area (Å²) in [6.45, 7) is 4.14. The van der Waals surface area contributed by atoms with Gasteiger partial charge in [0.25, 0.3) is 0 Å². The van der Waals surface area contributed by atoms with Crippen molar-refractivity contribution < 1.29 is 0 Å². The highest BCUT2D eigenvalue weighted by molar-refractivity contribution is 9.09. The van der Waals surface area contributed by atoms with Gasteiger partial charge in [0.15, 0.2) is 0 Å². The van der Waals surface area contributed by atoms with Crippen LogP contribution in [0.1, 0.15) is 27.1 Å². The second-order valence-corrected chi connectivity index (χ2v) is 6.12. The average molecular weight is 324 g/mol. The van der Waals surface area contributed by atoms with Crippen molar-refractivity contribution in [1.82, 2.24) is 0 Å². The Morgan fingerprint density at radius 3 is 2.39 bits per heavy atom. The quantitative estimate of drug-likeness (QED) is 0.642. The average Bonchev–Trinajstić information content (AvgIpc) is 2.35. The predicted octanol–water partition coefficient (Wildman–Crippen LogP) is 5.64. The summed E-state index contributed by atoms with van der Waals surface area (Å²) in [6, 6.07) is 14.8. The SMILES string of the molecule is Cc1ccc(CC(Br)c2cccc(C)c2Cl)cc1. The van der Waals surface area contributed by atoms with Gasteiger partial charge in [0.2, 0.25) is 0 Å². The molecule has 0 fully saturated rings. The van der Waals surface area contributed by atoms with Gasteiger partial charge in [-0.1, -0.05) is 75.6 Å². The van der Waals surface area contributed by atoms with E-state index in [4.69, 9.17) is 11.6 Å². The van der Waals surface area contributed by atoms with Gasteiger partial charge in [0, 0.05) is 9.85 Å². The number of alkyl halides is 1. The third kappa shape index (κ3) is 3.15. The van der Waals surface area contributed by atoms with Gasteiger partial charge in [0.1, 0.15) is 0 Å². The number of benzene rings is 2. The first kappa shape index (κ1) is 13.6. The number of halogens is 2. The molecule has 0 amide bonds. The van der Waals surface area contributed by atoms with Gasteiger partial charge in [-0.2, -0.15) is 0 Å². The zero-order chi connectivity index (χ0) is 13.1. The lowest BCUT2D eigenvalue weighted by Gasteiger charge is -2.13. The highest BCUT2D eigenvalue weighted by atomic mass is 79.9. The van der Waals surface area contributed by atoms with E-state index in [0.29, 0.717) is 0 Å². The molecule has 2 rings (SSSR count). The Hall–Kier alpha value is -0.790. The summed E-state index contributed by atoms with van der Waals surface area (Å²) >= 11 is 10.1. The predicted molar refractivity (Wildman–Crippen MR) is 82.7 cm³/mol. The summed E-state index contributed by atoms with van der Waals surface area (Å²) in [5, 5.41) is 0.867. The van der Waals surface area contributed by atoms with Gasteiger partial charge < -0.3 is 0 Å². The van der Waals surface area contributed by atoms with Crippen molar-refractivity contribution >= 4 is 27.5 Å². The molecular formula is C16H16BrCl. The van der Waals surface area contributed by atoms with Crippen LogP contribution in [-0.4, -0.2) is 0 Å². The molecule has 0 spiro atoms. The van der Waals surface area contributed by atoms with Crippen LogP contribution in [0.3, 0.4) is 0 Å². The van der Waals surface area contributed by atoms with E-state index in [1.165, 1.54) is 11.1 Å². The van der Waals surface area contributed by atoms with E-state index in [0.717, 1.165) is 22.6 Å². The van der Waals surface area contributed by atoms with Crippen LogP contribution in [0.5, 0.6) is 0 Å². The molecule has 1 unspecified atom stereocenters. The topological polar surface area (TPSA) is 0 Å². The molecule has 0 heterocycles. The summed E-state index contributed by atoms with van der Waals surface area (Å²) in [4.78, 5) is 0.257. The maximum Gasteiger partial charge on any atom is 0.0478 e. The second kappa shape index (κ2) is 5.90. The van der Waals surface area contributed by atoms with Crippen molar-refractivity contribution in [3.63, 3.8) is 0 Å². The molecule has 1 atom stereocenters. The van der Waals surface area contributed by atoms with Crippen LogP contribution in [0.2, 0.25) is 5.02 Å². The van der Waals surface area contributed by atoms with Crippen LogP contribution < -0.4 is 0 Å². The molecule has 0 saturated heterocycles. The molecule has 0 aliphatic carbocycles. The highest BCUT2D eigenvalue weighted by Gasteiger charge is 2.13. The fourth-order valence-corrected chi connectivity index (χ4v) is 3.10. The number of hydrogen-bond donors (Lipinski definition) is 0. The molecule has 18 heavy (non-hydrogen) atoms. The first-order valence-corrected chi connectivity index (χ1v) is 7.32. The highest BCUT2D eigenvalue weighted by Crippen LogP contribution is 2.33. The van der Waals surface area contributed by atoms with Crippen molar-refractivity contribution in [2.45, 2.75) is 25.1 Å². The van der Waals surface area contributed by atoms with Crippen LogP contribution in [0.15, 0.2) is 42.5 Å². The third-order valence-corrected chi connectivity index (χ3v) is 4.43. The lowest BCUT2D eigenvalue weighted by molar-refractivity contribution is 0.946. The molecular weight excluding hydrogens is 308 g/mol. The minimum absolute atomic E-state index is 0.257. The van der Waals surface area contributed by atoms with Gasteiger partial charge in [-0.05, 0) is 37.0 Å². The van der Waals surface area contributed by atoms with E-state index >= 15 is 0 Å². The number of aryl methyl sites for hydroxylation is 2. The first-order chi connectivity index (χ1) is 8.58. The molecule has 0 nitrogen and oxygen atoms in total. The molecule has 0 saturated carbocycles. The van der Waals surface area contributed by atoms with Crippen LogP contribution in [0, 0.1) is 13.8 Å². The summed E-state index contributed by atoms with van der Waals surface area (Å²) in [5.74, 6) is 0. The van der Waals surface area contributed by atoms with E-state index in [1.807, 2.05) is 13.0 Å². The largest absolute Gasteiger partial charge is 0.0837 e. The van der Waals surface area contributed by atoms with Crippen molar-refractivity contribution in [2.75, 3.05) is 0 Å². The summed E-state index contributed by atoms with van der Waals surface area (Å²) in [6.07, 6.45) is 0.948. The molecule has 0 N–H and O–H groups in total. The van der Waals surface area contributed by atoms with Gasteiger partial charge in [-0.3, -0.25) is 0 Å². The molecule has 0 radical (unpaired) electrons. The fraction of sp³-hybridized carbons (Fsp3) is 0.250. The standard InChI is InChI=1S/C16H16BrCl/c1-11-6-8-13(9-7-11)10-15(17)14-5-3-4-12(2)16(14)18/h3-9,15H,10H2,1-2H3. The lowest BCUT2D eigenvalue weighted by atomic mass is 10.0. The summed E-state index contributed by atoms with van der Waals surface area (Å²) in [7, 11) is 0. The van der Waals surface area contributed by atoms with Crippen molar-refractivity contribution in [3.05, 3.63) is 69.7 Å². The molecule has 0 aromatic heterocycles. The second-order valence-electron chi connectivity index (χ2n) is 4.64. The molecule has 0 aliphatic rings. The van der Waals surface area contributed by atoms with Crippen LogP contribution in [0.4, 0.5) is 0 Å². The first-order valence-electron chi connectivity index (χ1n) is 6.02. The number of rotatable bonds is 3. The lowest BCUT2D eigenvalue weighted by Crippen LogP contribution is -1.97. The zero-order valence-electron chi connectivity index (χ0n) is 10.6.